The molecular formula is C13H19N3O4S. The van der Waals surface area contributed by atoms with Crippen molar-refractivity contribution in [2.24, 2.45) is 11.7 Å². The molecule has 7 nitrogen and oxygen atoms in total. The number of nitro groups is 1. The van der Waals surface area contributed by atoms with Gasteiger partial charge in [0.05, 0.1) is 4.92 Å². The number of piperidine rings is 1. The predicted molar refractivity (Wildman–Crippen MR) is 80.2 cm³/mol. The van der Waals surface area contributed by atoms with Crippen LogP contribution in [0.1, 0.15) is 13.3 Å². The molecule has 1 saturated heterocycles. The molecule has 8 heteroatoms. The Kier molecular flexibility index (Phi) is 4.20. The lowest BCUT2D eigenvalue weighted by atomic mass is 9.94. The minimum atomic E-state index is -3.66. The minimum Gasteiger partial charge on any atom is -0.364 e. The van der Waals surface area contributed by atoms with Gasteiger partial charge in [-0.1, -0.05) is 13.0 Å². The van der Waals surface area contributed by atoms with E-state index >= 15 is 0 Å². The van der Waals surface area contributed by atoms with Crippen molar-refractivity contribution >= 4 is 21.2 Å². The van der Waals surface area contributed by atoms with E-state index < -0.39 is 14.8 Å². The normalized spacial score (nSPS) is 23.1. The smallest absolute Gasteiger partial charge is 0.311 e. The van der Waals surface area contributed by atoms with Crippen LogP contribution in [0.2, 0.25) is 0 Å². The average molecular weight is 313 g/mol. The second-order valence-electron chi connectivity index (χ2n) is 5.53. The van der Waals surface area contributed by atoms with Crippen LogP contribution in [0.4, 0.5) is 11.4 Å². The maximum absolute atomic E-state index is 11.8. The molecule has 2 rings (SSSR count). The Morgan fingerprint density at radius 2 is 2.10 bits per heavy atom. The summed E-state index contributed by atoms with van der Waals surface area (Å²) in [4.78, 5) is 12.3. The zero-order valence-electron chi connectivity index (χ0n) is 12.0. The molecular weight excluding hydrogens is 294 g/mol. The van der Waals surface area contributed by atoms with Crippen molar-refractivity contribution in [2.75, 3.05) is 24.2 Å². The monoisotopic (exact) mass is 313 g/mol. The lowest BCUT2D eigenvalue weighted by molar-refractivity contribution is -0.387. The van der Waals surface area contributed by atoms with E-state index in [0.29, 0.717) is 24.7 Å². The summed E-state index contributed by atoms with van der Waals surface area (Å²) in [5, 5.41) is 11.4. The summed E-state index contributed by atoms with van der Waals surface area (Å²) in [6, 6.07) is 4.29. The standard InChI is InChI=1S/C13H19N3O4S/c1-9-6-7-15(8-10(9)14)11-4-3-5-12(21(2,19)20)13(11)16(17)18/h3-5,9-10H,6-8,14H2,1-2H3. The van der Waals surface area contributed by atoms with E-state index in [9.17, 15) is 18.5 Å². The van der Waals surface area contributed by atoms with Crippen LogP contribution in [-0.4, -0.2) is 38.7 Å². The number of nitrogens with zero attached hydrogens (tertiary/aromatic N) is 2. The van der Waals surface area contributed by atoms with Gasteiger partial charge in [0.15, 0.2) is 9.84 Å². The highest BCUT2D eigenvalue weighted by atomic mass is 32.2. The first-order chi connectivity index (χ1) is 9.71. The van der Waals surface area contributed by atoms with Gasteiger partial charge in [-0.25, -0.2) is 8.42 Å². The number of hydrogen-bond acceptors (Lipinski definition) is 6. The van der Waals surface area contributed by atoms with Crippen molar-refractivity contribution < 1.29 is 13.3 Å². The highest BCUT2D eigenvalue weighted by molar-refractivity contribution is 7.90. The third kappa shape index (κ3) is 3.16. The minimum absolute atomic E-state index is 0.0831. The Bertz CT molecular complexity index is 659. The number of para-hydroxylation sites is 1. The van der Waals surface area contributed by atoms with Gasteiger partial charge in [-0.3, -0.25) is 10.1 Å². The Morgan fingerprint density at radius 3 is 2.62 bits per heavy atom. The maximum atomic E-state index is 11.8. The first-order valence-electron chi connectivity index (χ1n) is 6.70. The molecule has 1 aliphatic heterocycles. The van der Waals surface area contributed by atoms with Crippen LogP contribution >= 0.6 is 0 Å². The molecule has 2 N–H and O–H groups in total. The van der Waals surface area contributed by atoms with Crippen LogP contribution in [0.15, 0.2) is 23.1 Å². The van der Waals surface area contributed by atoms with Crippen LogP contribution in [0.5, 0.6) is 0 Å². The van der Waals surface area contributed by atoms with E-state index in [4.69, 9.17) is 5.73 Å². The van der Waals surface area contributed by atoms with Gasteiger partial charge in [0.1, 0.15) is 10.6 Å². The molecule has 0 bridgehead atoms. The van der Waals surface area contributed by atoms with Gasteiger partial charge in [0.2, 0.25) is 0 Å². The molecule has 1 aromatic carbocycles. The molecule has 0 saturated carbocycles. The number of sulfone groups is 1. The van der Waals surface area contributed by atoms with E-state index in [0.717, 1.165) is 12.7 Å². The number of anilines is 1. The topological polar surface area (TPSA) is 107 Å². The van der Waals surface area contributed by atoms with Crippen molar-refractivity contribution in [3.05, 3.63) is 28.3 Å². The number of rotatable bonds is 3. The summed E-state index contributed by atoms with van der Waals surface area (Å²) >= 11 is 0. The third-order valence-corrected chi connectivity index (χ3v) is 5.05. The SMILES string of the molecule is CC1CCN(c2cccc(S(C)(=O)=O)c2[N+](=O)[O-])CC1N. The first-order valence-corrected chi connectivity index (χ1v) is 8.59. The van der Waals surface area contributed by atoms with Crippen molar-refractivity contribution in [3.8, 4) is 0 Å². The van der Waals surface area contributed by atoms with E-state index in [-0.39, 0.29) is 16.6 Å². The van der Waals surface area contributed by atoms with Crippen molar-refractivity contribution in [2.45, 2.75) is 24.3 Å². The van der Waals surface area contributed by atoms with Gasteiger partial charge in [0.25, 0.3) is 0 Å². The van der Waals surface area contributed by atoms with Crippen LogP contribution in [0.3, 0.4) is 0 Å². The molecule has 0 radical (unpaired) electrons. The highest BCUT2D eigenvalue weighted by Gasteiger charge is 2.31. The summed E-state index contributed by atoms with van der Waals surface area (Å²) in [6.45, 7) is 3.15. The van der Waals surface area contributed by atoms with Crippen LogP contribution in [0.25, 0.3) is 0 Å². The van der Waals surface area contributed by atoms with Gasteiger partial charge < -0.3 is 10.6 Å². The molecule has 0 amide bonds. The molecule has 2 atom stereocenters. The molecule has 1 heterocycles. The van der Waals surface area contributed by atoms with Crippen molar-refractivity contribution in [3.63, 3.8) is 0 Å². The van der Waals surface area contributed by atoms with Gasteiger partial charge in [-0.05, 0) is 24.5 Å². The fourth-order valence-corrected chi connectivity index (χ4v) is 3.42. The molecule has 116 valence electrons. The molecule has 1 fully saturated rings. The number of nitro benzene ring substituents is 1. The van der Waals surface area contributed by atoms with E-state index in [1.807, 2.05) is 6.92 Å². The molecule has 1 aliphatic rings. The number of benzene rings is 1. The van der Waals surface area contributed by atoms with Gasteiger partial charge in [-0.15, -0.1) is 0 Å². The van der Waals surface area contributed by atoms with E-state index in [1.54, 1.807) is 11.0 Å². The second-order valence-corrected chi connectivity index (χ2v) is 7.51. The Balaban J connectivity index is 2.52. The quantitative estimate of drug-likeness (QED) is 0.663. The zero-order valence-corrected chi connectivity index (χ0v) is 12.8. The van der Waals surface area contributed by atoms with Crippen molar-refractivity contribution in [1.82, 2.24) is 0 Å². The second kappa shape index (κ2) is 5.61. The van der Waals surface area contributed by atoms with Crippen LogP contribution in [0, 0.1) is 16.0 Å². The predicted octanol–water partition coefficient (Wildman–Crippen LogP) is 1.17. The fourth-order valence-electron chi connectivity index (χ4n) is 2.57. The highest BCUT2D eigenvalue weighted by Crippen LogP contribution is 2.36. The van der Waals surface area contributed by atoms with Crippen LogP contribution < -0.4 is 10.6 Å². The summed E-state index contributed by atoms with van der Waals surface area (Å²) < 4.78 is 23.5. The fraction of sp³-hybridized carbons (Fsp3) is 0.538. The molecule has 0 spiro atoms. The maximum Gasteiger partial charge on any atom is 0.311 e. The summed E-state index contributed by atoms with van der Waals surface area (Å²) in [5.41, 5.74) is 5.99. The van der Waals surface area contributed by atoms with Gasteiger partial charge in [0, 0.05) is 25.4 Å². The zero-order chi connectivity index (χ0) is 15.8. The van der Waals surface area contributed by atoms with E-state index in [1.165, 1.54) is 12.1 Å². The molecule has 2 unspecified atom stereocenters. The summed E-state index contributed by atoms with van der Waals surface area (Å²) in [7, 11) is -3.66. The molecule has 1 aromatic rings. The Labute approximate surface area is 123 Å². The van der Waals surface area contributed by atoms with Crippen LogP contribution in [-0.2, 0) is 9.84 Å². The third-order valence-electron chi connectivity index (χ3n) is 3.92. The van der Waals surface area contributed by atoms with Gasteiger partial charge in [-0.2, -0.15) is 0 Å². The lowest BCUT2D eigenvalue weighted by Gasteiger charge is -2.36. The van der Waals surface area contributed by atoms with Gasteiger partial charge >= 0.3 is 5.69 Å². The Hall–Kier alpha value is -1.67. The molecule has 0 aliphatic carbocycles. The van der Waals surface area contributed by atoms with Crippen molar-refractivity contribution in [1.29, 1.82) is 0 Å². The number of nitrogens with two attached hydrogens (primary N) is 1. The summed E-state index contributed by atoms with van der Waals surface area (Å²) in [6.07, 6.45) is 1.80. The average Bonchev–Trinajstić information content (AvgIpc) is 2.40. The Morgan fingerprint density at radius 1 is 1.43 bits per heavy atom. The molecule has 21 heavy (non-hydrogen) atoms. The largest absolute Gasteiger partial charge is 0.364 e. The number of hydrogen-bond donors (Lipinski definition) is 1. The van der Waals surface area contributed by atoms with E-state index in [2.05, 4.69) is 0 Å². The lowest BCUT2D eigenvalue weighted by Crippen LogP contribution is -2.47. The first kappa shape index (κ1) is 15.7. The molecule has 0 aromatic heterocycles. The summed E-state index contributed by atoms with van der Waals surface area (Å²) in [5.74, 6) is 0.346.